The molecule has 0 fully saturated rings. The Bertz CT molecular complexity index is 334. The molecule has 0 rings (SSSR count). The van der Waals surface area contributed by atoms with Crippen molar-refractivity contribution in [3.05, 3.63) is 0 Å². The zero-order valence-electron chi connectivity index (χ0n) is 9.25. The molecule has 0 amide bonds. The summed E-state index contributed by atoms with van der Waals surface area (Å²) in [7, 11) is 0. The van der Waals surface area contributed by atoms with Crippen LogP contribution in [0.15, 0.2) is 0 Å². The number of rotatable bonds is 3. The number of alkyl halides is 15. The SMILES string of the molecule is FC(F)(F)[C](F)(F)[SnH]([C](F)(F)C(F)(F)F)[C](F)(F)C(F)(F)F. The Balaban J connectivity index is 6.53. The Kier molecular flexibility index (Phi) is 5.33. The second-order valence-electron chi connectivity index (χ2n) is 3.80. The molecule has 0 heterocycles. The second-order valence-corrected chi connectivity index (χ2v) is 12.5. The van der Waals surface area contributed by atoms with Crippen LogP contribution in [0.2, 0.25) is 0 Å². The van der Waals surface area contributed by atoms with Gasteiger partial charge in [-0.1, -0.05) is 0 Å². The molecule has 22 heavy (non-hydrogen) atoms. The minimum absolute atomic E-state index is 7.43. The third kappa shape index (κ3) is 3.47. The summed E-state index contributed by atoms with van der Waals surface area (Å²) in [6.07, 6.45) is -22.3. The van der Waals surface area contributed by atoms with Gasteiger partial charge in [0.15, 0.2) is 0 Å². The van der Waals surface area contributed by atoms with Gasteiger partial charge in [0, 0.05) is 0 Å². The van der Waals surface area contributed by atoms with Crippen molar-refractivity contribution in [1.82, 2.24) is 0 Å². The van der Waals surface area contributed by atoms with E-state index in [-0.39, 0.29) is 0 Å². The second kappa shape index (κ2) is 5.39. The van der Waals surface area contributed by atoms with E-state index in [4.69, 9.17) is 0 Å². The third-order valence-corrected chi connectivity index (χ3v) is 11.2. The molecule has 0 N–H and O–H groups in total. The van der Waals surface area contributed by atoms with Crippen LogP contribution in [0.5, 0.6) is 0 Å². The molecule has 0 radical (unpaired) electrons. The summed E-state index contributed by atoms with van der Waals surface area (Å²) in [5.41, 5.74) is 0. The topological polar surface area (TPSA) is 0 Å². The number of hydrogen-bond acceptors (Lipinski definition) is 0. The van der Waals surface area contributed by atoms with Crippen LogP contribution in [0, 0.1) is 0 Å². The maximum atomic E-state index is 12.7. The quantitative estimate of drug-likeness (QED) is 0.418. The molecule has 0 aromatic heterocycles. The fraction of sp³-hybridized carbons (Fsp3) is 1.00. The normalized spacial score (nSPS) is 16.4. The van der Waals surface area contributed by atoms with E-state index in [2.05, 4.69) is 0 Å². The molecule has 0 aromatic rings. The number of hydrogen-bond donors (Lipinski definition) is 0. The van der Waals surface area contributed by atoms with Crippen LogP contribution in [0.1, 0.15) is 0 Å². The van der Waals surface area contributed by atoms with Crippen molar-refractivity contribution in [2.75, 3.05) is 0 Å². The molecular weight excluding hydrogens is 476 g/mol. The van der Waals surface area contributed by atoms with Crippen molar-refractivity contribution in [3.8, 4) is 0 Å². The first-order valence-electron chi connectivity index (χ1n) is 4.45. The van der Waals surface area contributed by atoms with Crippen molar-refractivity contribution in [1.29, 1.82) is 0 Å². The summed E-state index contributed by atoms with van der Waals surface area (Å²) in [6, 6.07) is 0. The summed E-state index contributed by atoms with van der Waals surface area (Å²) >= 11 is -9.55. The van der Waals surface area contributed by atoms with Crippen molar-refractivity contribution < 1.29 is 65.9 Å². The van der Waals surface area contributed by atoms with E-state index < -0.39 is 50.1 Å². The van der Waals surface area contributed by atoms with Crippen molar-refractivity contribution >= 4 is 19.8 Å². The van der Waals surface area contributed by atoms with Gasteiger partial charge < -0.3 is 0 Å². The zero-order valence-corrected chi connectivity index (χ0v) is 12.5. The van der Waals surface area contributed by atoms with Crippen LogP contribution in [0.3, 0.4) is 0 Å². The molecule has 0 atom stereocenters. The van der Waals surface area contributed by atoms with Gasteiger partial charge in [0.1, 0.15) is 0 Å². The average molecular weight is 477 g/mol. The van der Waals surface area contributed by atoms with Crippen LogP contribution in [-0.2, 0) is 0 Å². The van der Waals surface area contributed by atoms with Gasteiger partial charge in [0.05, 0.1) is 0 Å². The molecule has 16 heteroatoms. The predicted octanol–water partition coefficient (Wildman–Crippen LogP) is 4.42. The summed E-state index contributed by atoms with van der Waals surface area (Å²) in [5, 5.41) is 0. The molecule has 0 aliphatic rings. The van der Waals surface area contributed by atoms with Gasteiger partial charge in [-0.25, -0.2) is 0 Å². The molecule has 0 unspecified atom stereocenters. The molecule has 0 spiro atoms. The van der Waals surface area contributed by atoms with Crippen LogP contribution < -0.4 is 0 Å². The van der Waals surface area contributed by atoms with E-state index in [1.54, 1.807) is 0 Å². The standard InChI is InChI=1S/3C2F5.Sn.H/c3*3-1(4)2(5,6)7;;. The minimum atomic E-state index is -9.55. The van der Waals surface area contributed by atoms with Gasteiger partial charge in [0.2, 0.25) is 0 Å². The van der Waals surface area contributed by atoms with E-state index in [0.717, 1.165) is 0 Å². The Morgan fingerprint density at radius 1 is 0.318 bits per heavy atom. The molecular formula is C6HF15Sn. The van der Waals surface area contributed by atoms with Crippen LogP contribution >= 0.6 is 0 Å². The first-order valence-corrected chi connectivity index (χ1v) is 9.39. The molecule has 134 valence electrons. The summed E-state index contributed by atoms with van der Waals surface area (Å²) in [6.45, 7) is 0. The van der Waals surface area contributed by atoms with Crippen LogP contribution in [0.4, 0.5) is 65.9 Å². The molecule has 0 aliphatic carbocycles. The van der Waals surface area contributed by atoms with E-state index in [0.29, 0.717) is 0 Å². The van der Waals surface area contributed by atoms with Gasteiger partial charge in [-0.2, -0.15) is 0 Å². The third-order valence-electron chi connectivity index (χ3n) is 2.22. The van der Waals surface area contributed by atoms with Crippen molar-refractivity contribution in [3.63, 3.8) is 0 Å². The monoisotopic (exact) mass is 478 g/mol. The fourth-order valence-corrected chi connectivity index (χ4v) is 7.88. The Morgan fingerprint density at radius 2 is 0.455 bits per heavy atom. The van der Waals surface area contributed by atoms with Gasteiger partial charge >= 0.3 is 116 Å². The Morgan fingerprint density at radius 3 is 0.545 bits per heavy atom. The molecule has 0 aliphatic heterocycles. The van der Waals surface area contributed by atoms with Crippen LogP contribution in [-0.4, -0.2) is 50.1 Å². The van der Waals surface area contributed by atoms with Crippen molar-refractivity contribution in [2.24, 2.45) is 0 Å². The molecule has 0 saturated heterocycles. The average Bonchev–Trinajstić information content (AvgIpc) is 2.09. The van der Waals surface area contributed by atoms with E-state index in [1.165, 1.54) is 0 Å². The first-order chi connectivity index (χ1) is 9.12. The zero-order chi connectivity index (χ0) is 18.6. The van der Waals surface area contributed by atoms with Crippen molar-refractivity contribution in [2.45, 2.75) is 30.3 Å². The summed E-state index contributed by atoms with van der Waals surface area (Å²) in [4.78, 5) is 0. The van der Waals surface area contributed by atoms with Gasteiger partial charge in [-0.15, -0.1) is 0 Å². The van der Waals surface area contributed by atoms with Crippen LogP contribution in [0.25, 0.3) is 0 Å². The number of halogens is 15. The fourth-order valence-electron chi connectivity index (χ4n) is 1.17. The van der Waals surface area contributed by atoms with Gasteiger partial charge in [0.25, 0.3) is 0 Å². The maximum absolute atomic E-state index is 12.7. The van der Waals surface area contributed by atoms with Gasteiger partial charge in [-0.3, -0.25) is 0 Å². The molecule has 0 aromatic carbocycles. The van der Waals surface area contributed by atoms with E-state index in [1.807, 2.05) is 0 Å². The van der Waals surface area contributed by atoms with E-state index >= 15 is 0 Å². The predicted molar refractivity (Wildman–Crippen MR) is 40.2 cm³/mol. The first kappa shape index (κ1) is 21.7. The Hall–Kier alpha value is -0.251. The molecule has 0 bridgehead atoms. The molecule has 0 saturated carbocycles. The summed E-state index contributed by atoms with van der Waals surface area (Å²) < 4.78 is 160. The van der Waals surface area contributed by atoms with Gasteiger partial charge in [-0.05, 0) is 0 Å². The Labute approximate surface area is 117 Å². The molecule has 0 nitrogen and oxygen atoms in total. The van der Waals surface area contributed by atoms with E-state index in [9.17, 15) is 65.9 Å². The summed E-state index contributed by atoms with van der Waals surface area (Å²) in [5.74, 6) is 0.